The number of pyridine rings is 1. The van der Waals surface area contributed by atoms with E-state index in [0.29, 0.717) is 13.1 Å². The van der Waals surface area contributed by atoms with Crippen molar-refractivity contribution in [3.63, 3.8) is 0 Å². The molecule has 0 bridgehead atoms. The predicted octanol–water partition coefficient (Wildman–Crippen LogP) is 4.08. The molecule has 2 aliphatic rings. The zero-order valence-corrected chi connectivity index (χ0v) is 20.0. The molecular formula is C29H29FN4O2. The van der Waals surface area contributed by atoms with E-state index in [9.17, 15) is 14.3 Å². The molecule has 1 aromatic heterocycles. The zero-order chi connectivity index (χ0) is 24.9. The summed E-state index contributed by atoms with van der Waals surface area (Å²) in [5, 5.41) is 12.9. The van der Waals surface area contributed by atoms with Gasteiger partial charge in [-0.1, -0.05) is 36.1 Å². The summed E-state index contributed by atoms with van der Waals surface area (Å²) >= 11 is 0. The van der Waals surface area contributed by atoms with Gasteiger partial charge in [0.1, 0.15) is 5.82 Å². The molecule has 7 heteroatoms. The Labute approximate surface area is 210 Å². The average Bonchev–Trinajstić information content (AvgIpc) is 2.89. The normalized spacial score (nSPS) is 21.7. The molecule has 0 radical (unpaired) electrons. The summed E-state index contributed by atoms with van der Waals surface area (Å²) in [5.74, 6) is 5.94. The Bertz CT molecular complexity index is 1260. The molecule has 5 rings (SSSR count). The van der Waals surface area contributed by atoms with E-state index in [2.05, 4.69) is 39.2 Å². The smallest absolute Gasteiger partial charge is 0.321 e. The van der Waals surface area contributed by atoms with Crippen LogP contribution >= 0.6 is 0 Å². The maximum atomic E-state index is 14.1. The van der Waals surface area contributed by atoms with Crippen molar-refractivity contribution in [2.75, 3.05) is 31.6 Å². The molecule has 2 amide bonds. The minimum atomic E-state index is -0.451. The van der Waals surface area contributed by atoms with E-state index < -0.39 is 5.82 Å². The van der Waals surface area contributed by atoms with Crippen LogP contribution in [0.3, 0.4) is 0 Å². The maximum absolute atomic E-state index is 14.1. The van der Waals surface area contributed by atoms with Gasteiger partial charge in [-0.05, 0) is 61.3 Å². The fourth-order valence-electron chi connectivity index (χ4n) is 5.25. The minimum Gasteiger partial charge on any atom is -0.395 e. The van der Waals surface area contributed by atoms with Crippen LogP contribution in [-0.4, -0.2) is 64.2 Å². The summed E-state index contributed by atoms with van der Waals surface area (Å²) in [6.45, 7) is 2.09. The molecular weight excluding hydrogens is 455 g/mol. The largest absolute Gasteiger partial charge is 0.395 e. The van der Waals surface area contributed by atoms with E-state index in [1.807, 2.05) is 24.3 Å². The number of halogens is 1. The number of aliphatic hydroxyl groups is 1. The van der Waals surface area contributed by atoms with Crippen molar-refractivity contribution in [2.45, 2.75) is 30.8 Å². The number of carbonyl (C=O) groups is 1. The summed E-state index contributed by atoms with van der Waals surface area (Å²) in [6.07, 6.45) is 5.26. The molecule has 0 aliphatic carbocycles. The number of para-hydroxylation sites is 1. The molecule has 3 aromatic rings. The molecule has 2 N–H and O–H groups in total. The first kappa shape index (κ1) is 24.0. The quantitative estimate of drug-likeness (QED) is 0.550. The maximum Gasteiger partial charge on any atom is 0.321 e. The van der Waals surface area contributed by atoms with Gasteiger partial charge >= 0.3 is 6.03 Å². The van der Waals surface area contributed by atoms with Gasteiger partial charge in [-0.25, -0.2) is 9.18 Å². The summed E-state index contributed by atoms with van der Waals surface area (Å²) in [5.41, 5.74) is 3.07. The van der Waals surface area contributed by atoms with Crippen molar-refractivity contribution < 1.29 is 14.3 Å². The topological polar surface area (TPSA) is 68.7 Å². The first-order valence-electron chi connectivity index (χ1n) is 12.3. The molecule has 0 spiro atoms. The van der Waals surface area contributed by atoms with Gasteiger partial charge in [-0.2, -0.15) is 0 Å². The van der Waals surface area contributed by atoms with Crippen LogP contribution in [0.5, 0.6) is 0 Å². The SMILES string of the molecule is O=C(Nc1ccccc1F)N1CCCCN2[C@H](CO)[C@H](c3ccc(C#Cc4cccnc4)cc3)[C@H]2C1. The number of amides is 2. The summed E-state index contributed by atoms with van der Waals surface area (Å²) in [7, 11) is 0. The second-order valence-electron chi connectivity index (χ2n) is 9.26. The highest BCUT2D eigenvalue weighted by atomic mass is 19.1. The molecule has 2 saturated heterocycles. The Morgan fingerprint density at radius 2 is 1.81 bits per heavy atom. The molecule has 2 aliphatic heterocycles. The lowest BCUT2D eigenvalue weighted by atomic mass is 9.74. The van der Waals surface area contributed by atoms with Crippen LogP contribution in [0.4, 0.5) is 14.9 Å². The number of hydrogen-bond donors (Lipinski definition) is 2. The van der Waals surface area contributed by atoms with Crippen LogP contribution in [0.25, 0.3) is 0 Å². The number of nitrogens with zero attached hydrogens (tertiary/aromatic N) is 3. The lowest BCUT2D eigenvalue weighted by Gasteiger charge is -2.57. The van der Waals surface area contributed by atoms with Crippen molar-refractivity contribution in [2.24, 2.45) is 0 Å². The summed E-state index contributed by atoms with van der Waals surface area (Å²) < 4.78 is 14.1. The minimum absolute atomic E-state index is 0.0110. The molecule has 6 nitrogen and oxygen atoms in total. The van der Waals surface area contributed by atoms with Gasteiger partial charge in [0, 0.05) is 54.6 Å². The number of aliphatic hydroxyl groups excluding tert-OH is 1. The first-order valence-corrected chi connectivity index (χ1v) is 12.3. The Kier molecular flexibility index (Phi) is 7.26. The van der Waals surface area contributed by atoms with Crippen LogP contribution in [0.1, 0.15) is 35.4 Å². The number of hydrogen-bond acceptors (Lipinski definition) is 4. The number of rotatable bonds is 3. The Hall–Kier alpha value is -3.73. The van der Waals surface area contributed by atoms with E-state index in [1.165, 1.54) is 6.07 Å². The number of fused-ring (bicyclic) bond motifs is 1. The van der Waals surface area contributed by atoms with Crippen molar-refractivity contribution in [1.82, 2.24) is 14.8 Å². The molecule has 36 heavy (non-hydrogen) atoms. The fourth-order valence-corrected chi connectivity index (χ4v) is 5.25. The Balaban J connectivity index is 1.32. The third-order valence-electron chi connectivity index (χ3n) is 7.08. The molecule has 0 saturated carbocycles. The molecule has 3 atom stereocenters. The fraction of sp³-hybridized carbons (Fsp3) is 0.310. The highest BCUT2D eigenvalue weighted by Gasteiger charge is 2.49. The Morgan fingerprint density at radius 3 is 2.56 bits per heavy atom. The lowest BCUT2D eigenvalue weighted by molar-refractivity contribution is -0.0585. The average molecular weight is 485 g/mol. The Morgan fingerprint density at radius 1 is 1.03 bits per heavy atom. The van der Waals surface area contributed by atoms with Gasteiger partial charge in [0.25, 0.3) is 0 Å². The third-order valence-corrected chi connectivity index (χ3v) is 7.08. The highest BCUT2D eigenvalue weighted by Crippen LogP contribution is 2.42. The second kappa shape index (κ2) is 10.9. The van der Waals surface area contributed by atoms with Gasteiger partial charge in [0.2, 0.25) is 0 Å². The van der Waals surface area contributed by atoms with Crippen LogP contribution in [0.15, 0.2) is 73.1 Å². The van der Waals surface area contributed by atoms with Gasteiger partial charge < -0.3 is 15.3 Å². The van der Waals surface area contributed by atoms with Crippen LogP contribution in [-0.2, 0) is 0 Å². The summed E-state index contributed by atoms with van der Waals surface area (Å²) in [6, 6.07) is 17.9. The van der Waals surface area contributed by atoms with E-state index >= 15 is 0 Å². The van der Waals surface area contributed by atoms with Crippen molar-refractivity contribution >= 4 is 11.7 Å². The van der Waals surface area contributed by atoms with Gasteiger partial charge in [-0.15, -0.1) is 0 Å². The number of nitrogens with one attached hydrogen (secondary N) is 1. The van der Waals surface area contributed by atoms with E-state index in [1.54, 1.807) is 35.5 Å². The molecule has 2 fully saturated rings. The second-order valence-corrected chi connectivity index (χ2v) is 9.26. The number of urea groups is 1. The van der Waals surface area contributed by atoms with Gasteiger partial charge in [0.15, 0.2) is 0 Å². The lowest BCUT2D eigenvalue weighted by Crippen LogP contribution is -2.68. The molecule has 0 unspecified atom stereocenters. The zero-order valence-electron chi connectivity index (χ0n) is 20.0. The van der Waals surface area contributed by atoms with Gasteiger partial charge in [0.05, 0.1) is 12.3 Å². The summed E-state index contributed by atoms with van der Waals surface area (Å²) in [4.78, 5) is 21.2. The number of aromatic nitrogens is 1. The van der Waals surface area contributed by atoms with Crippen molar-refractivity contribution in [3.8, 4) is 11.8 Å². The number of benzene rings is 2. The van der Waals surface area contributed by atoms with E-state index in [-0.39, 0.29) is 36.3 Å². The monoisotopic (exact) mass is 484 g/mol. The van der Waals surface area contributed by atoms with E-state index in [4.69, 9.17) is 0 Å². The highest BCUT2D eigenvalue weighted by molar-refractivity contribution is 5.89. The van der Waals surface area contributed by atoms with Crippen LogP contribution in [0.2, 0.25) is 0 Å². The predicted molar refractivity (Wildman–Crippen MR) is 137 cm³/mol. The van der Waals surface area contributed by atoms with Gasteiger partial charge in [-0.3, -0.25) is 9.88 Å². The molecule has 3 heterocycles. The molecule has 2 aromatic carbocycles. The first-order chi connectivity index (χ1) is 17.6. The van der Waals surface area contributed by atoms with Crippen molar-refractivity contribution in [1.29, 1.82) is 0 Å². The molecule has 184 valence electrons. The third kappa shape index (κ3) is 5.11. The van der Waals surface area contributed by atoms with Crippen LogP contribution < -0.4 is 5.32 Å². The van der Waals surface area contributed by atoms with E-state index in [0.717, 1.165) is 36.1 Å². The van der Waals surface area contributed by atoms with Crippen molar-refractivity contribution in [3.05, 3.63) is 95.6 Å². The van der Waals surface area contributed by atoms with Crippen LogP contribution in [0, 0.1) is 17.7 Å². The standard InChI is InChI=1S/C29H29FN4O2/c30-24-7-1-2-8-25(24)32-29(36)33-16-3-4-17-34-26(19-33)28(27(34)20-35)23-13-11-21(12-14-23)9-10-22-6-5-15-31-18-22/h1-2,5-8,11-15,18,26-28,35H,3-4,16-17,19-20H2,(H,32,36)/t26-,27-,28-/m1/s1. The number of anilines is 1. The number of carbonyl (C=O) groups excluding carboxylic acids is 1.